The molecule has 0 N–H and O–H groups in total. The highest BCUT2D eigenvalue weighted by molar-refractivity contribution is 7.86. The Labute approximate surface area is 260 Å². The van der Waals surface area contributed by atoms with E-state index in [9.17, 15) is 25.9 Å². The van der Waals surface area contributed by atoms with Crippen LogP contribution in [0.1, 0.15) is 38.1 Å². The summed E-state index contributed by atoms with van der Waals surface area (Å²) in [5, 5.41) is 0.184. The molecule has 1 atom stereocenters. The van der Waals surface area contributed by atoms with Gasteiger partial charge in [0.05, 0.1) is 51.5 Å². The second kappa shape index (κ2) is 13.4. The van der Waals surface area contributed by atoms with E-state index in [1.165, 1.54) is 25.4 Å². The predicted octanol–water partition coefficient (Wildman–Crippen LogP) is 4.65. The lowest BCUT2D eigenvalue weighted by Crippen LogP contribution is -2.37. The van der Waals surface area contributed by atoms with Crippen LogP contribution in [0.2, 0.25) is 5.02 Å². The zero-order valence-electron chi connectivity index (χ0n) is 24.0. The number of benzene rings is 2. The number of nitrogens with zero attached hydrogens (tertiary/aromatic N) is 2. The molecule has 234 valence electrons. The number of aryl methyl sites for hydroxylation is 1. The Morgan fingerprint density at radius 2 is 1.84 bits per heavy atom. The lowest BCUT2D eigenvalue weighted by molar-refractivity contribution is -0.669. The summed E-state index contributed by atoms with van der Waals surface area (Å²) < 4.78 is 88.4. The highest BCUT2D eigenvalue weighted by Crippen LogP contribution is 2.41. The van der Waals surface area contributed by atoms with Gasteiger partial charge >= 0.3 is 0 Å². The molecule has 3 aromatic rings. The Hall–Kier alpha value is -2.88. The topological polar surface area (TPSA) is 149 Å². The normalized spacial score (nSPS) is 15.6. The molecule has 4 rings (SSSR count). The summed E-state index contributed by atoms with van der Waals surface area (Å²) >= 11 is 7.69. The van der Waals surface area contributed by atoms with Crippen LogP contribution in [0.15, 0.2) is 47.9 Å². The smallest absolute Gasteiger partial charge is 0.263 e. The molecule has 2 aromatic carbocycles. The van der Waals surface area contributed by atoms with E-state index in [4.69, 9.17) is 25.8 Å². The van der Waals surface area contributed by atoms with E-state index in [0.717, 1.165) is 20.8 Å². The minimum absolute atomic E-state index is 0.0877. The molecule has 0 aliphatic carbocycles. The fourth-order valence-corrected chi connectivity index (χ4v) is 6.81. The number of rotatable bonds is 13. The SMILES string of the molecule is CCC(=Cc1sc2cc(OC)c(OC)cc2[n+]1CCC(C)S(=O)(=O)[O-])C=C1Oc2ccc(Cl)cc2N1CCCS(=O)(=O)[O-]. The minimum Gasteiger partial charge on any atom is -0.748 e. The third kappa shape index (κ3) is 7.99. The zero-order chi connectivity index (χ0) is 31.5. The van der Waals surface area contributed by atoms with Gasteiger partial charge in [-0.15, -0.1) is 0 Å². The Morgan fingerprint density at radius 1 is 1.14 bits per heavy atom. The number of allylic oxidation sites excluding steroid dienone is 2. The molecule has 2 heterocycles. The molecular weight excluding hydrogens is 640 g/mol. The van der Waals surface area contributed by atoms with E-state index >= 15 is 0 Å². The molecule has 0 amide bonds. The molecule has 0 spiro atoms. The van der Waals surface area contributed by atoms with Crippen molar-refractivity contribution in [3.63, 3.8) is 0 Å². The van der Waals surface area contributed by atoms with Crippen molar-refractivity contribution in [2.24, 2.45) is 0 Å². The van der Waals surface area contributed by atoms with E-state index in [-0.39, 0.29) is 25.9 Å². The maximum absolute atomic E-state index is 11.6. The number of anilines is 1. The number of ether oxygens (including phenoxy) is 3. The van der Waals surface area contributed by atoms with Gasteiger partial charge in [0.2, 0.25) is 11.4 Å². The van der Waals surface area contributed by atoms with Crippen molar-refractivity contribution in [2.45, 2.75) is 44.9 Å². The van der Waals surface area contributed by atoms with Crippen LogP contribution in [0.4, 0.5) is 5.69 Å². The maximum Gasteiger partial charge on any atom is 0.263 e. The van der Waals surface area contributed by atoms with Crippen LogP contribution in [0, 0.1) is 0 Å². The van der Waals surface area contributed by atoms with Crippen molar-refractivity contribution in [3.8, 4) is 17.2 Å². The summed E-state index contributed by atoms with van der Waals surface area (Å²) in [6.45, 7) is 3.83. The van der Waals surface area contributed by atoms with Crippen LogP contribution in [0.5, 0.6) is 17.2 Å². The van der Waals surface area contributed by atoms with Crippen LogP contribution < -0.4 is 23.7 Å². The molecule has 1 aromatic heterocycles. The third-order valence-electron chi connectivity index (χ3n) is 6.98. The van der Waals surface area contributed by atoms with Crippen molar-refractivity contribution < 1.29 is 44.7 Å². The van der Waals surface area contributed by atoms with Gasteiger partial charge in [-0.05, 0) is 43.5 Å². The molecule has 0 saturated heterocycles. The molecular formula is C28H32ClN2O9S3-. The zero-order valence-corrected chi connectivity index (χ0v) is 27.2. The summed E-state index contributed by atoms with van der Waals surface area (Å²) in [6.07, 6.45) is 4.56. The molecule has 0 saturated carbocycles. The average Bonchev–Trinajstić information content (AvgIpc) is 3.45. The van der Waals surface area contributed by atoms with Gasteiger partial charge in [-0.2, -0.15) is 4.57 Å². The maximum atomic E-state index is 11.6. The van der Waals surface area contributed by atoms with Gasteiger partial charge in [0, 0.05) is 42.0 Å². The van der Waals surface area contributed by atoms with Gasteiger partial charge in [-0.1, -0.05) is 29.9 Å². The molecule has 11 nitrogen and oxygen atoms in total. The number of methoxy groups -OCH3 is 2. The molecule has 0 fully saturated rings. The lowest BCUT2D eigenvalue weighted by Gasteiger charge is -2.19. The largest absolute Gasteiger partial charge is 0.748 e. The van der Waals surface area contributed by atoms with E-state index in [1.807, 2.05) is 35.8 Å². The van der Waals surface area contributed by atoms with Crippen LogP contribution in [-0.4, -0.2) is 57.7 Å². The summed E-state index contributed by atoms with van der Waals surface area (Å²) in [5.74, 6) is 1.51. The number of hydrogen-bond donors (Lipinski definition) is 0. The average molecular weight is 672 g/mol. The van der Waals surface area contributed by atoms with Crippen LogP contribution in [0.3, 0.4) is 0 Å². The monoisotopic (exact) mass is 671 g/mol. The highest BCUT2D eigenvalue weighted by atomic mass is 35.5. The number of aromatic nitrogens is 1. The fourth-order valence-electron chi connectivity index (χ4n) is 4.60. The standard InChI is InChI=1S/C28H33ClN2O9S3/c1-5-19(13-27-30(10-6-12-42(32,33)34)21-15-20(29)7-8-23(21)40-27)14-28-31(11-9-18(2)43(35,36)37)22-16-24(38-3)25(39-4)17-26(22)41-28/h7-8,13-18H,5-6,9-12H2,1-4H3,(H-,32,33,34,35,36,37)/p-1. The van der Waals surface area contributed by atoms with E-state index in [1.54, 1.807) is 30.2 Å². The Kier molecular flexibility index (Phi) is 10.3. The first-order valence-electron chi connectivity index (χ1n) is 13.4. The summed E-state index contributed by atoms with van der Waals surface area (Å²) in [6, 6.07) is 8.78. The van der Waals surface area contributed by atoms with Gasteiger partial charge in [0.15, 0.2) is 23.8 Å². The number of halogens is 1. The van der Waals surface area contributed by atoms with Gasteiger partial charge in [0.25, 0.3) is 5.01 Å². The number of hydrogen-bond acceptors (Lipinski definition) is 11. The van der Waals surface area contributed by atoms with Crippen LogP contribution in [0.25, 0.3) is 16.3 Å². The highest BCUT2D eigenvalue weighted by Gasteiger charge is 2.28. The summed E-state index contributed by atoms with van der Waals surface area (Å²) in [7, 11) is -5.78. The molecule has 1 aliphatic heterocycles. The first kappa shape index (κ1) is 33.0. The molecule has 1 unspecified atom stereocenters. The third-order valence-corrected chi connectivity index (χ3v) is 10.3. The Morgan fingerprint density at radius 3 is 2.47 bits per heavy atom. The van der Waals surface area contributed by atoms with Crippen molar-refractivity contribution in [2.75, 3.05) is 31.4 Å². The predicted molar refractivity (Wildman–Crippen MR) is 164 cm³/mol. The van der Waals surface area contributed by atoms with E-state index < -0.39 is 31.2 Å². The van der Waals surface area contributed by atoms with Gasteiger partial charge in [-0.3, -0.25) is 0 Å². The molecule has 1 aliphatic rings. The minimum atomic E-state index is -4.46. The van der Waals surface area contributed by atoms with Gasteiger partial charge < -0.3 is 28.2 Å². The molecule has 15 heteroatoms. The van der Waals surface area contributed by atoms with Gasteiger partial charge in [0.1, 0.15) is 4.70 Å². The van der Waals surface area contributed by atoms with Crippen molar-refractivity contribution in [3.05, 3.63) is 57.9 Å². The Bertz CT molecular complexity index is 1780. The van der Waals surface area contributed by atoms with Crippen LogP contribution in [-0.2, 0) is 26.8 Å². The second-order valence-electron chi connectivity index (χ2n) is 9.90. The summed E-state index contributed by atoms with van der Waals surface area (Å²) in [4.78, 5) is 1.78. The van der Waals surface area contributed by atoms with Crippen molar-refractivity contribution >= 4 is 65.2 Å². The van der Waals surface area contributed by atoms with E-state index in [2.05, 4.69) is 0 Å². The van der Waals surface area contributed by atoms with Crippen molar-refractivity contribution in [1.29, 1.82) is 0 Å². The first-order chi connectivity index (χ1) is 20.2. The second-order valence-corrected chi connectivity index (χ2v) is 14.7. The first-order valence-corrected chi connectivity index (χ1v) is 17.6. The molecule has 0 radical (unpaired) electrons. The Balaban J connectivity index is 1.78. The molecule has 43 heavy (non-hydrogen) atoms. The number of fused-ring (bicyclic) bond motifs is 2. The van der Waals surface area contributed by atoms with Crippen molar-refractivity contribution in [1.82, 2.24) is 0 Å². The van der Waals surface area contributed by atoms with Crippen LogP contribution >= 0.6 is 22.9 Å². The lowest BCUT2D eigenvalue weighted by atomic mass is 10.1. The molecule has 0 bridgehead atoms. The fraction of sp³-hybridized carbons (Fsp3) is 0.393. The quantitative estimate of drug-likeness (QED) is 0.186. The number of thiazole rings is 1. The summed E-state index contributed by atoms with van der Waals surface area (Å²) in [5.41, 5.74) is 2.28. The van der Waals surface area contributed by atoms with E-state index in [0.29, 0.717) is 40.3 Å². The van der Waals surface area contributed by atoms with Gasteiger partial charge in [-0.25, -0.2) is 16.8 Å².